The number of carbonyl (C=O) groups excluding carboxylic acids is 1. The minimum atomic E-state index is -0.281. The molecule has 2 aromatic carbocycles. The van der Waals surface area contributed by atoms with Crippen LogP contribution in [-0.4, -0.2) is 36.7 Å². The van der Waals surface area contributed by atoms with E-state index in [1.165, 1.54) is 12.1 Å². The van der Waals surface area contributed by atoms with E-state index in [1.807, 2.05) is 19.1 Å². The van der Waals surface area contributed by atoms with E-state index in [0.717, 1.165) is 31.4 Å². The van der Waals surface area contributed by atoms with E-state index in [1.54, 1.807) is 29.2 Å². The molecule has 0 radical (unpaired) electrons. The smallest absolute Gasteiger partial charge is 0.254 e. The highest BCUT2D eigenvalue weighted by atomic mass is 19.1. The Balaban J connectivity index is 1.77. The zero-order chi connectivity index (χ0) is 19.1. The van der Waals surface area contributed by atoms with E-state index in [9.17, 15) is 9.18 Å². The number of carbonyl (C=O) groups is 1. The van der Waals surface area contributed by atoms with Gasteiger partial charge in [0.15, 0.2) is 0 Å². The van der Waals surface area contributed by atoms with Gasteiger partial charge in [-0.15, -0.1) is 0 Å². The summed E-state index contributed by atoms with van der Waals surface area (Å²) < 4.78 is 24.6. The average molecular weight is 371 g/mol. The summed E-state index contributed by atoms with van der Waals surface area (Å²) in [6.07, 6.45) is 2.93. The molecular formula is C22H26FNO3. The van der Waals surface area contributed by atoms with Gasteiger partial charge in [0.1, 0.15) is 11.6 Å². The van der Waals surface area contributed by atoms with Crippen LogP contribution in [0.25, 0.3) is 0 Å². The fraction of sp³-hybridized carbons (Fsp3) is 0.409. The molecule has 4 nitrogen and oxygen atoms in total. The van der Waals surface area contributed by atoms with Crippen LogP contribution < -0.4 is 4.74 Å². The summed E-state index contributed by atoms with van der Waals surface area (Å²) in [7, 11) is 0. The molecule has 27 heavy (non-hydrogen) atoms. The van der Waals surface area contributed by atoms with Gasteiger partial charge in [-0.3, -0.25) is 4.79 Å². The lowest BCUT2D eigenvalue weighted by Gasteiger charge is -2.26. The van der Waals surface area contributed by atoms with Crippen molar-refractivity contribution in [1.29, 1.82) is 0 Å². The van der Waals surface area contributed by atoms with Gasteiger partial charge in [-0.25, -0.2) is 4.39 Å². The number of ether oxygens (including phenoxy) is 2. The van der Waals surface area contributed by atoms with Gasteiger partial charge in [0.25, 0.3) is 5.91 Å². The quantitative estimate of drug-likeness (QED) is 0.689. The summed E-state index contributed by atoms with van der Waals surface area (Å²) in [5.74, 6) is 0.342. The number of hydrogen-bond acceptors (Lipinski definition) is 3. The molecule has 0 bridgehead atoms. The lowest BCUT2D eigenvalue weighted by molar-refractivity contribution is 0.0507. The average Bonchev–Trinajstić information content (AvgIpc) is 3.20. The SMILES string of the molecule is CCCOc1cccc(C(=O)N(Cc2ccc(F)cc2)CC2CCCO2)c1. The highest BCUT2D eigenvalue weighted by molar-refractivity contribution is 5.94. The maximum atomic E-state index is 13.2. The number of amides is 1. The fourth-order valence-corrected chi connectivity index (χ4v) is 3.19. The zero-order valence-electron chi connectivity index (χ0n) is 15.7. The van der Waals surface area contributed by atoms with Gasteiger partial charge in [-0.1, -0.05) is 25.1 Å². The van der Waals surface area contributed by atoms with Gasteiger partial charge >= 0.3 is 0 Å². The Bertz CT molecular complexity index is 741. The normalized spacial score (nSPS) is 16.3. The van der Waals surface area contributed by atoms with Crippen molar-refractivity contribution in [3.05, 3.63) is 65.5 Å². The summed E-state index contributed by atoms with van der Waals surface area (Å²) in [5, 5.41) is 0. The van der Waals surface area contributed by atoms with E-state index in [0.29, 0.717) is 31.0 Å². The molecule has 1 saturated heterocycles. The first kappa shape index (κ1) is 19.4. The van der Waals surface area contributed by atoms with E-state index in [-0.39, 0.29) is 17.8 Å². The van der Waals surface area contributed by atoms with Crippen molar-refractivity contribution in [3.8, 4) is 5.75 Å². The van der Waals surface area contributed by atoms with Crippen molar-refractivity contribution >= 4 is 5.91 Å². The van der Waals surface area contributed by atoms with Gasteiger partial charge < -0.3 is 14.4 Å². The van der Waals surface area contributed by atoms with Crippen molar-refractivity contribution in [2.45, 2.75) is 38.8 Å². The van der Waals surface area contributed by atoms with Crippen molar-refractivity contribution in [2.24, 2.45) is 0 Å². The summed E-state index contributed by atoms with van der Waals surface area (Å²) in [4.78, 5) is 15.0. The molecule has 144 valence electrons. The van der Waals surface area contributed by atoms with Crippen LogP contribution in [0.3, 0.4) is 0 Å². The Kier molecular flexibility index (Phi) is 6.82. The molecule has 1 unspecified atom stereocenters. The van der Waals surface area contributed by atoms with Gasteiger partial charge in [0, 0.05) is 25.3 Å². The Morgan fingerprint density at radius 3 is 2.78 bits per heavy atom. The summed E-state index contributed by atoms with van der Waals surface area (Å²) in [6, 6.07) is 13.5. The maximum Gasteiger partial charge on any atom is 0.254 e. The number of nitrogens with zero attached hydrogens (tertiary/aromatic N) is 1. The zero-order valence-corrected chi connectivity index (χ0v) is 15.7. The lowest BCUT2D eigenvalue weighted by Crippen LogP contribution is -2.37. The number of halogens is 1. The molecule has 3 rings (SSSR count). The molecule has 0 spiro atoms. The molecule has 0 saturated carbocycles. The third kappa shape index (κ3) is 5.54. The molecule has 1 heterocycles. The van der Waals surface area contributed by atoms with Crippen molar-refractivity contribution < 1.29 is 18.7 Å². The predicted molar refractivity (Wildman–Crippen MR) is 102 cm³/mol. The van der Waals surface area contributed by atoms with Crippen molar-refractivity contribution in [2.75, 3.05) is 19.8 Å². The van der Waals surface area contributed by atoms with E-state index in [2.05, 4.69) is 0 Å². The van der Waals surface area contributed by atoms with Crippen LogP contribution in [0.4, 0.5) is 4.39 Å². The molecule has 1 aliphatic heterocycles. The first-order chi connectivity index (χ1) is 13.2. The summed E-state index contributed by atoms with van der Waals surface area (Å²) in [6.45, 7) is 4.34. The minimum absolute atomic E-state index is 0.0499. The molecule has 0 aromatic heterocycles. The molecule has 1 aliphatic rings. The van der Waals surface area contributed by atoms with E-state index >= 15 is 0 Å². The Hall–Kier alpha value is -2.40. The predicted octanol–water partition coefficient (Wildman–Crippen LogP) is 4.44. The Morgan fingerprint density at radius 1 is 1.26 bits per heavy atom. The van der Waals surface area contributed by atoms with Gasteiger partial charge in [-0.2, -0.15) is 0 Å². The highest BCUT2D eigenvalue weighted by Crippen LogP contribution is 2.20. The Morgan fingerprint density at radius 2 is 2.07 bits per heavy atom. The second kappa shape index (κ2) is 9.51. The van der Waals surface area contributed by atoms with Crippen LogP contribution in [0.5, 0.6) is 5.75 Å². The highest BCUT2D eigenvalue weighted by Gasteiger charge is 2.24. The first-order valence-electron chi connectivity index (χ1n) is 9.54. The molecule has 1 amide bonds. The molecule has 2 aromatic rings. The molecule has 5 heteroatoms. The largest absolute Gasteiger partial charge is 0.494 e. The standard InChI is InChI=1S/C22H26FNO3/c1-2-12-26-20-6-3-5-18(14-20)22(25)24(16-21-7-4-13-27-21)15-17-8-10-19(23)11-9-17/h3,5-6,8-11,14,21H,2,4,7,12-13,15-16H2,1H3. The number of rotatable bonds is 8. The number of hydrogen-bond donors (Lipinski definition) is 0. The third-order valence-corrected chi connectivity index (χ3v) is 4.58. The van der Waals surface area contributed by atoms with Crippen LogP contribution >= 0.6 is 0 Å². The second-order valence-corrected chi connectivity index (χ2v) is 6.82. The number of benzene rings is 2. The van der Waals surface area contributed by atoms with Crippen molar-refractivity contribution in [1.82, 2.24) is 4.90 Å². The van der Waals surface area contributed by atoms with E-state index in [4.69, 9.17) is 9.47 Å². The summed E-state index contributed by atoms with van der Waals surface area (Å²) in [5.41, 5.74) is 1.48. The second-order valence-electron chi connectivity index (χ2n) is 6.82. The van der Waals surface area contributed by atoms with Crippen LogP contribution in [0.2, 0.25) is 0 Å². The van der Waals surface area contributed by atoms with Gasteiger partial charge in [-0.05, 0) is 55.2 Å². The Labute approximate surface area is 159 Å². The summed E-state index contributed by atoms with van der Waals surface area (Å²) >= 11 is 0. The molecule has 0 N–H and O–H groups in total. The van der Waals surface area contributed by atoms with Crippen LogP contribution in [0.1, 0.15) is 42.1 Å². The third-order valence-electron chi connectivity index (χ3n) is 4.58. The monoisotopic (exact) mass is 371 g/mol. The molecule has 1 fully saturated rings. The first-order valence-corrected chi connectivity index (χ1v) is 9.54. The van der Waals surface area contributed by atoms with Crippen molar-refractivity contribution in [3.63, 3.8) is 0 Å². The van der Waals surface area contributed by atoms with Gasteiger partial charge in [0.2, 0.25) is 0 Å². The fourth-order valence-electron chi connectivity index (χ4n) is 3.19. The van der Waals surface area contributed by atoms with Crippen LogP contribution in [0.15, 0.2) is 48.5 Å². The van der Waals surface area contributed by atoms with E-state index < -0.39 is 0 Å². The molecular weight excluding hydrogens is 345 g/mol. The maximum absolute atomic E-state index is 13.2. The molecule has 1 atom stereocenters. The van der Waals surface area contributed by atoms with Crippen LogP contribution in [0, 0.1) is 5.82 Å². The van der Waals surface area contributed by atoms with Gasteiger partial charge in [0.05, 0.1) is 12.7 Å². The lowest BCUT2D eigenvalue weighted by atomic mass is 10.1. The molecule has 0 aliphatic carbocycles. The minimum Gasteiger partial charge on any atom is -0.494 e. The topological polar surface area (TPSA) is 38.8 Å². The van der Waals surface area contributed by atoms with Crippen LogP contribution in [-0.2, 0) is 11.3 Å².